The average molecular weight is 403 g/mol. The van der Waals surface area contributed by atoms with E-state index in [2.05, 4.69) is 9.98 Å². The van der Waals surface area contributed by atoms with Crippen LogP contribution >= 0.6 is 0 Å². The normalized spacial score (nSPS) is 12.9. The van der Waals surface area contributed by atoms with Crippen molar-refractivity contribution >= 4 is 48.6 Å². The molecule has 0 saturated heterocycles. The highest BCUT2D eigenvalue weighted by Gasteiger charge is 2.19. The predicted molar refractivity (Wildman–Crippen MR) is 92.3 cm³/mol. The summed E-state index contributed by atoms with van der Waals surface area (Å²) in [6.07, 6.45) is 0. The lowest BCUT2D eigenvalue weighted by atomic mass is 10.1. The summed E-state index contributed by atoms with van der Waals surface area (Å²) in [6, 6.07) is 3.32. The van der Waals surface area contributed by atoms with E-state index in [1.165, 1.54) is 0 Å². The molecule has 0 heterocycles. The van der Waals surface area contributed by atoms with Crippen LogP contribution < -0.4 is 17.2 Å². The number of benzene rings is 2. The van der Waals surface area contributed by atoms with Gasteiger partial charge in [0.05, 0.1) is 15.5 Å². The van der Waals surface area contributed by atoms with Crippen LogP contribution in [-0.4, -0.2) is 43.0 Å². The molecule has 26 heavy (non-hydrogen) atoms. The van der Waals surface area contributed by atoms with E-state index < -0.39 is 47.7 Å². The van der Waals surface area contributed by atoms with Gasteiger partial charge in [0, 0.05) is 11.5 Å². The summed E-state index contributed by atoms with van der Waals surface area (Å²) < 4.78 is 63.8. The van der Waals surface area contributed by atoms with E-state index in [0.717, 1.165) is 24.3 Å². The van der Waals surface area contributed by atoms with Crippen molar-refractivity contribution in [3.63, 3.8) is 0 Å². The third kappa shape index (κ3) is 4.17. The molecule has 2 aromatic carbocycles. The number of aliphatic imine (C=N–C) groups is 2. The van der Waals surface area contributed by atoms with Crippen molar-refractivity contribution in [3.05, 3.63) is 24.3 Å². The SMILES string of the molecule is NC(N)=NC(N)=Nc1cc(S(=O)(=O)O)cc2cc(S(=O)(=O)O)cc(O)c12. The fraction of sp³-hybridized carbons (Fsp3) is 0. The maximum Gasteiger partial charge on any atom is 0.294 e. The van der Waals surface area contributed by atoms with Gasteiger partial charge in [0.1, 0.15) is 5.75 Å². The van der Waals surface area contributed by atoms with Crippen molar-refractivity contribution in [2.75, 3.05) is 0 Å². The van der Waals surface area contributed by atoms with E-state index in [1.54, 1.807) is 0 Å². The summed E-state index contributed by atoms with van der Waals surface area (Å²) in [5.41, 5.74) is 15.5. The van der Waals surface area contributed by atoms with Crippen LogP contribution in [0.1, 0.15) is 0 Å². The first-order valence-corrected chi connectivity index (χ1v) is 9.36. The maximum atomic E-state index is 11.4. The zero-order valence-electron chi connectivity index (χ0n) is 12.7. The first kappa shape index (κ1) is 19.4. The van der Waals surface area contributed by atoms with Gasteiger partial charge in [0.2, 0.25) is 5.96 Å². The molecule has 140 valence electrons. The van der Waals surface area contributed by atoms with Crippen LogP contribution in [0.5, 0.6) is 5.75 Å². The molecule has 0 spiro atoms. The molecule has 9 N–H and O–H groups in total. The topological polar surface area (TPSA) is 232 Å². The quantitative estimate of drug-likeness (QED) is 0.213. The molecule has 14 heteroatoms. The number of phenols is 1. The van der Waals surface area contributed by atoms with Crippen LogP contribution in [0.25, 0.3) is 10.8 Å². The molecule has 0 saturated carbocycles. The summed E-state index contributed by atoms with van der Waals surface area (Å²) in [4.78, 5) is 5.80. The lowest BCUT2D eigenvalue weighted by Crippen LogP contribution is -2.26. The molecule has 0 unspecified atom stereocenters. The Bertz CT molecular complexity index is 1160. The zero-order chi connectivity index (χ0) is 19.9. The third-order valence-electron chi connectivity index (χ3n) is 3.03. The Balaban J connectivity index is 2.96. The van der Waals surface area contributed by atoms with Crippen LogP contribution in [0.4, 0.5) is 5.69 Å². The minimum absolute atomic E-state index is 0.126. The van der Waals surface area contributed by atoms with E-state index >= 15 is 0 Å². The van der Waals surface area contributed by atoms with Crippen LogP contribution in [0.2, 0.25) is 0 Å². The van der Waals surface area contributed by atoms with E-state index in [9.17, 15) is 26.5 Å². The Labute approximate surface area is 147 Å². The summed E-state index contributed by atoms with van der Waals surface area (Å²) >= 11 is 0. The molecular weight excluding hydrogens is 390 g/mol. The highest BCUT2D eigenvalue weighted by atomic mass is 32.2. The van der Waals surface area contributed by atoms with Crippen molar-refractivity contribution in [1.29, 1.82) is 0 Å². The first-order valence-electron chi connectivity index (χ1n) is 6.48. The van der Waals surface area contributed by atoms with E-state index in [0.29, 0.717) is 0 Å². The summed E-state index contributed by atoms with van der Waals surface area (Å²) in [6.45, 7) is 0. The second-order valence-electron chi connectivity index (χ2n) is 4.94. The van der Waals surface area contributed by atoms with Crippen molar-refractivity contribution in [2.45, 2.75) is 9.79 Å². The highest BCUT2D eigenvalue weighted by Crippen LogP contribution is 2.38. The van der Waals surface area contributed by atoms with Gasteiger partial charge in [-0.1, -0.05) is 0 Å². The van der Waals surface area contributed by atoms with Crippen molar-refractivity contribution in [3.8, 4) is 5.75 Å². The van der Waals surface area contributed by atoms with Gasteiger partial charge >= 0.3 is 0 Å². The van der Waals surface area contributed by atoms with Gasteiger partial charge in [-0.3, -0.25) is 9.11 Å². The smallest absolute Gasteiger partial charge is 0.294 e. The molecule has 2 rings (SSSR count). The molecule has 0 aliphatic heterocycles. The molecule has 0 aliphatic carbocycles. The van der Waals surface area contributed by atoms with Crippen molar-refractivity contribution < 1.29 is 31.0 Å². The Morgan fingerprint density at radius 2 is 1.38 bits per heavy atom. The molecule has 0 fully saturated rings. The fourth-order valence-electron chi connectivity index (χ4n) is 2.08. The van der Waals surface area contributed by atoms with Gasteiger partial charge in [-0.05, 0) is 23.6 Å². The molecule has 0 bridgehead atoms. The van der Waals surface area contributed by atoms with Gasteiger partial charge in [-0.15, -0.1) is 0 Å². The standard InChI is InChI=1S/C12H13N5O7S2/c13-11(14)17-12(15)16-8-3-6(25(19,20)21)1-5-2-7(26(22,23)24)4-9(18)10(5)8/h1-4,18H,(H,19,20,21)(H,22,23,24)(H6,13,14,15,16,17). The molecule has 0 radical (unpaired) electrons. The van der Waals surface area contributed by atoms with Crippen molar-refractivity contribution in [1.82, 2.24) is 0 Å². The third-order valence-corrected chi connectivity index (χ3v) is 4.69. The summed E-state index contributed by atoms with van der Waals surface area (Å²) in [5.74, 6) is -1.61. The molecule has 0 amide bonds. The Hall–Kier alpha value is -2.94. The molecule has 0 aliphatic rings. The predicted octanol–water partition coefficient (Wildman–Crippen LogP) is -0.742. The Morgan fingerprint density at radius 3 is 1.85 bits per heavy atom. The van der Waals surface area contributed by atoms with Crippen LogP contribution in [0, 0.1) is 0 Å². The number of fused-ring (bicyclic) bond motifs is 1. The number of hydrogen-bond donors (Lipinski definition) is 6. The van der Waals surface area contributed by atoms with Crippen LogP contribution in [0.15, 0.2) is 44.0 Å². The first-order chi connectivity index (χ1) is 11.8. The lowest BCUT2D eigenvalue weighted by Gasteiger charge is -2.09. The average Bonchev–Trinajstić information content (AvgIpc) is 2.43. The van der Waals surface area contributed by atoms with Gasteiger partial charge in [0.25, 0.3) is 20.2 Å². The van der Waals surface area contributed by atoms with Crippen molar-refractivity contribution in [2.24, 2.45) is 27.2 Å². The Morgan fingerprint density at radius 1 is 0.885 bits per heavy atom. The molecular formula is C12H13N5O7S2. The van der Waals surface area contributed by atoms with E-state index in [1.807, 2.05) is 0 Å². The molecule has 0 atom stereocenters. The second kappa shape index (κ2) is 6.41. The number of guanidine groups is 2. The second-order valence-corrected chi connectivity index (χ2v) is 7.78. The lowest BCUT2D eigenvalue weighted by molar-refractivity contribution is 0.471. The number of phenolic OH excluding ortho intramolecular Hbond substituents is 1. The summed E-state index contributed by atoms with van der Waals surface area (Å²) in [7, 11) is -9.43. The Kier molecular flexibility index (Phi) is 4.78. The molecule has 12 nitrogen and oxygen atoms in total. The largest absolute Gasteiger partial charge is 0.507 e. The van der Waals surface area contributed by atoms with Crippen LogP contribution in [0.3, 0.4) is 0 Å². The highest BCUT2D eigenvalue weighted by molar-refractivity contribution is 7.86. The van der Waals surface area contributed by atoms with Crippen LogP contribution in [-0.2, 0) is 20.2 Å². The number of nitrogens with two attached hydrogens (primary N) is 3. The molecule has 0 aromatic heterocycles. The number of nitrogens with zero attached hydrogens (tertiary/aromatic N) is 2. The monoisotopic (exact) mass is 403 g/mol. The number of aromatic hydroxyl groups is 1. The van der Waals surface area contributed by atoms with Gasteiger partial charge in [-0.2, -0.15) is 21.8 Å². The maximum absolute atomic E-state index is 11.4. The fourth-order valence-corrected chi connectivity index (χ4v) is 3.16. The molecule has 2 aromatic rings. The van der Waals surface area contributed by atoms with Gasteiger partial charge in [0.15, 0.2) is 5.96 Å². The minimum Gasteiger partial charge on any atom is -0.507 e. The number of hydrogen-bond acceptors (Lipinski definition) is 6. The number of rotatable bonds is 3. The minimum atomic E-state index is -4.73. The van der Waals surface area contributed by atoms with E-state index in [-0.39, 0.29) is 16.5 Å². The van der Waals surface area contributed by atoms with E-state index in [4.69, 9.17) is 21.8 Å². The van der Waals surface area contributed by atoms with Gasteiger partial charge in [-0.25, -0.2) is 4.99 Å². The zero-order valence-corrected chi connectivity index (χ0v) is 14.4. The summed E-state index contributed by atoms with van der Waals surface area (Å²) in [5, 5.41) is 9.80. The van der Waals surface area contributed by atoms with Gasteiger partial charge < -0.3 is 22.3 Å².